The molecule has 1 amide bonds. The molecule has 4 rings (SSSR count). The minimum atomic E-state index is -3.54. The van der Waals surface area contributed by atoms with Gasteiger partial charge in [0.15, 0.2) is 0 Å². The van der Waals surface area contributed by atoms with Crippen LogP contribution in [0, 0.1) is 26.7 Å². The maximum atomic E-state index is 13.1. The normalized spacial score (nSPS) is 19.6. The van der Waals surface area contributed by atoms with E-state index in [4.69, 9.17) is 4.42 Å². The second-order valence-electron chi connectivity index (χ2n) is 9.38. The molecule has 2 aromatic rings. The van der Waals surface area contributed by atoms with Crippen molar-refractivity contribution in [3.05, 3.63) is 53.0 Å². The summed E-state index contributed by atoms with van der Waals surface area (Å²) < 4.78 is 33.5. The summed E-state index contributed by atoms with van der Waals surface area (Å²) in [5, 5.41) is 3.13. The molecular formula is C25H35N3O4S. The van der Waals surface area contributed by atoms with Crippen LogP contribution in [-0.2, 0) is 14.8 Å². The van der Waals surface area contributed by atoms with Crippen LogP contribution in [0.4, 0.5) is 0 Å². The van der Waals surface area contributed by atoms with Gasteiger partial charge in [0.05, 0.1) is 10.9 Å². The Kier molecular flexibility index (Phi) is 7.26. The molecular weight excluding hydrogens is 438 g/mol. The number of likely N-dealkylation sites (tertiary alicyclic amines) is 1. The van der Waals surface area contributed by atoms with Gasteiger partial charge in [-0.2, -0.15) is 4.31 Å². The molecule has 0 radical (unpaired) electrons. The predicted octanol–water partition coefficient (Wildman–Crippen LogP) is 3.56. The first kappa shape index (κ1) is 24.0. The summed E-state index contributed by atoms with van der Waals surface area (Å²) in [5.41, 5.74) is 2.03. The number of benzene rings is 1. The molecule has 8 heteroatoms. The van der Waals surface area contributed by atoms with Crippen molar-refractivity contribution in [2.45, 2.75) is 57.4 Å². The van der Waals surface area contributed by atoms with E-state index in [9.17, 15) is 13.2 Å². The fourth-order valence-electron chi connectivity index (χ4n) is 4.82. The molecule has 33 heavy (non-hydrogen) atoms. The van der Waals surface area contributed by atoms with Crippen molar-refractivity contribution in [3.8, 4) is 0 Å². The van der Waals surface area contributed by atoms with Crippen molar-refractivity contribution in [1.82, 2.24) is 14.5 Å². The summed E-state index contributed by atoms with van der Waals surface area (Å²) in [4.78, 5) is 15.6. The van der Waals surface area contributed by atoms with Gasteiger partial charge in [-0.1, -0.05) is 6.07 Å². The lowest BCUT2D eigenvalue weighted by molar-refractivity contribution is -0.126. The average molecular weight is 474 g/mol. The number of carbonyl (C=O) groups is 1. The summed E-state index contributed by atoms with van der Waals surface area (Å²) >= 11 is 0. The Morgan fingerprint density at radius 1 is 1.03 bits per heavy atom. The highest BCUT2D eigenvalue weighted by Crippen LogP contribution is 2.28. The Morgan fingerprint density at radius 2 is 1.73 bits per heavy atom. The van der Waals surface area contributed by atoms with Crippen LogP contribution in [0.25, 0.3) is 0 Å². The molecule has 0 saturated carbocycles. The summed E-state index contributed by atoms with van der Waals surface area (Å²) in [5.74, 6) is 1.60. The number of aryl methyl sites for hydroxylation is 3. The molecule has 2 aliphatic rings. The molecule has 1 aromatic heterocycles. The van der Waals surface area contributed by atoms with Crippen LogP contribution in [0.15, 0.2) is 39.6 Å². The first-order chi connectivity index (χ1) is 15.8. The van der Waals surface area contributed by atoms with Crippen molar-refractivity contribution in [1.29, 1.82) is 0 Å². The van der Waals surface area contributed by atoms with E-state index in [1.165, 1.54) is 4.31 Å². The highest BCUT2D eigenvalue weighted by atomic mass is 32.2. The average Bonchev–Trinajstić information content (AvgIpc) is 3.48. The SMILES string of the molecule is Cc1ccc([C@@H](CNC(=O)C2CCN(S(=O)(=O)c3ccc(C)c(C)c3)CC2)N2CCCC2)o1. The van der Waals surface area contributed by atoms with E-state index in [-0.39, 0.29) is 17.9 Å². The van der Waals surface area contributed by atoms with Crippen LogP contribution in [0.1, 0.15) is 54.4 Å². The maximum absolute atomic E-state index is 13.1. The molecule has 0 bridgehead atoms. The highest BCUT2D eigenvalue weighted by Gasteiger charge is 2.33. The Hall–Kier alpha value is -2.16. The van der Waals surface area contributed by atoms with E-state index < -0.39 is 10.0 Å². The lowest BCUT2D eigenvalue weighted by Crippen LogP contribution is -2.44. The van der Waals surface area contributed by atoms with Crippen molar-refractivity contribution < 1.29 is 17.6 Å². The standard InChI is InChI=1S/C25H35N3O4S/c1-18-6-8-22(16-19(18)2)33(30,31)28-14-10-21(11-15-28)25(29)26-17-23(27-12-4-5-13-27)24-9-7-20(3)32-24/h6-9,16,21,23H,4-5,10-15,17H2,1-3H3,(H,26,29)/t23-/m1/s1. The number of piperidine rings is 1. The number of hydrogen-bond acceptors (Lipinski definition) is 5. The molecule has 0 unspecified atom stereocenters. The Bertz CT molecular complexity index is 1080. The third kappa shape index (κ3) is 5.34. The van der Waals surface area contributed by atoms with Gasteiger partial charge in [0, 0.05) is 25.6 Å². The maximum Gasteiger partial charge on any atom is 0.243 e. The number of hydrogen-bond donors (Lipinski definition) is 1. The fourth-order valence-corrected chi connectivity index (χ4v) is 6.37. The van der Waals surface area contributed by atoms with Crippen LogP contribution in [0.3, 0.4) is 0 Å². The minimum absolute atomic E-state index is 0.00528. The van der Waals surface area contributed by atoms with Gasteiger partial charge in [-0.25, -0.2) is 8.42 Å². The second-order valence-corrected chi connectivity index (χ2v) is 11.3. The third-order valence-corrected chi connectivity index (χ3v) is 8.98. The molecule has 1 aromatic carbocycles. The van der Waals surface area contributed by atoms with Gasteiger partial charge in [0.1, 0.15) is 11.5 Å². The van der Waals surface area contributed by atoms with Gasteiger partial charge >= 0.3 is 0 Å². The highest BCUT2D eigenvalue weighted by molar-refractivity contribution is 7.89. The number of sulfonamides is 1. The molecule has 0 aliphatic carbocycles. The minimum Gasteiger partial charge on any atom is -0.465 e. The first-order valence-electron chi connectivity index (χ1n) is 11.9. The zero-order chi connectivity index (χ0) is 23.6. The molecule has 0 spiro atoms. The van der Waals surface area contributed by atoms with E-state index in [0.717, 1.165) is 48.6 Å². The van der Waals surface area contributed by atoms with Crippen molar-refractivity contribution >= 4 is 15.9 Å². The zero-order valence-corrected chi connectivity index (χ0v) is 20.7. The number of nitrogens with zero attached hydrogens (tertiary/aromatic N) is 2. The molecule has 1 N–H and O–H groups in total. The number of nitrogens with one attached hydrogen (secondary N) is 1. The van der Waals surface area contributed by atoms with Gasteiger partial charge in [0.25, 0.3) is 0 Å². The number of carbonyl (C=O) groups excluding carboxylic acids is 1. The van der Waals surface area contributed by atoms with E-state index in [2.05, 4.69) is 10.2 Å². The van der Waals surface area contributed by atoms with Gasteiger partial charge in [-0.05, 0) is 94.9 Å². The largest absolute Gasteiger partial charge is 0.465 e. The Labute approximate surface area is 197 Å². The van der Waals surface area contributed by atoms with Crippen molar-refractivity contribution in [3.63, 3.8) is 0 Å². The second kappa shape index (κ2) is 9.99. The molecule has 2 aliphatic heterocycles. The summed E-state index contributed by atoms with van der Waals surface area (Å²) in [6.07, 6.45) is 3.39. The zero-order valence-electron chi connectivity index (χ0n) is 19.8. The van der Waals surface area contributed by atoms with Gasteiger partial charge in [-0.15, -0.1) is 0 Å². The topological polar surface area (TPSA) is 82.9 Å². The molecule has 3 heterocycles. The monoisotopic (exact) mass is 473 g/mol. The van der Waals surface area contributed by atoms with E-state index in [0.29, 0.717) is 37.4 Å². The number of amides is 1. The first-order valence-corrected chi connectivity index (χ1v) is 13.3. The molecule has 2 fully saturated rings. The van der Waals surface area contributed by atoms with Crippen LogP contribution in [-0.4, -0.2) is 56.3 Å². The van der Waals surface area contributed by atoms with Crippen LogP contribution in [0.5, 0.6) is 0 Å². The summed E-state index contributed by atoms with van der Waals surface area (Å²) in [6.45, 7) is 9.07. The number of rotatable bonds is 7. The van der Waals surface area contributed by atoms with Crippen LogP contribution in [0.2, 0.25) is 0 Å². The molecule has 1 atom stereocenters. The van der Waals surface area contributed by atoms with Crippen LogP contribution >= 0.6 is 0 Å². The number of furan rings is 1. The Morgan fingerprint density at radius 3 is 2.33 bits per heavy atom. The third-order valence-electron chi connectivity index (χ3n) is 7.08. The molecule has 180 valence electrons. The van der Waals surface area contributed by atoms with Gasteiger partial charge in [-0.3, -0.25) is 9.69 Å². The predicted molar refractivity (Wildman–Crippen MR) is 127 cm³/mol. The van der Waals surface area contributed by atoms with E-state index in [1.807, 2.05) is 39.0 Å². The smallest absolute Gasteiger partial charge is 0.243 e. The van der Waals surface area contributed by atoms with E-state index in [1.54, 1.807) is 12.1 Å². The summed E-state index contributed by atoms with van der Waals surface area (Å²) in [7, 11) is -3.54. The molecule has 2 saturated heterocycles. The lowest BCUT2D eigenvalue weighted by atomic mass is 9.97. The Balaban J connectivity index is 1.34. The van der Waals surface area contributed by atoms with E-state index >= 15 is 0 Å². The van der Waals surface area contributed by atoms with Gasteiger partial charge in [0.2, 0.25) is 15.9 Å². The molecule has 7 nitrogen and oxygen atoms in total. The summed E-state index contributed by atoms with van der Waals surface area (Å²) in [6, 6.07) is 9.26. The van der Waals surface area contributed by atoms with Crippen molar-refractivity contribution in [2.24, 2.45) is 5.92 Å². The fraction of sp³-hybridized carbons (Fsp3) is 0.560. The van der Waals surface area contributed by atoms with Gasteiger partial charge < -0.3 is 9.73 Å². The quantitative estimate of drug-likeness (QED) is 0.665. The van der Waals surface area contributed by atoms with Crippen LogP contribution < -0.4 is 5.32 Å². The lowest BCUT2D eigenvalue weighted by Gasteiger charge is -2.31. The van der Waals surface area contributed by atoms with Crippen molar-refractivity contribution in [2.75, 3.05) is 32.7 Å².